The molecule has 1 saturated heterocycles. The lowest BCUT2D eigenvalue weighted by Gasteiger charge is -2.26. The molecule has 1 aliphatic rings. The van der Waals surface area contributed by atoms with Crippen LogP contribution in [0, 0.1) is 0 Å². The van der Waals surface area contributed by atoms with Crippen molar-refractivity contribution >= 4 is 33.2 Å². The SMILES string of the molecule is O=C(c1ncsc1Br)N1CCNCC1. The van der Waals surface area contributed by atoms with Gasteiger partial charge in [0.15, 0.2) is 5.69 Å². The standard InChI is InChI=1S/C8H10BrN3OS/c9-7-6(11-5-14-7)8(13)12-3-1-10-2-4-12/h5,10H,1-4H2. The third kappa shape index (κ3) is 1.97. The lowest BCUT2D eigenvalue weighted by molar-refractivity contribution is 0.0730. The zero-order valence-electron chi connectivity index (χ0n) is 7.49. The fourth-order valence-corrected chi connectivity index (χ4v) is 2.41. The molecule has 0 bridgehead atoms. The van der Waals surface area contributed by atoms with Crippen LogP contribution in [0.4, 0.5) is 0 Å². The molecule has 2 rings (SSSR count). The van der Waals surface area contributed by atoms with Crippen LogP contribution in [-0.4, -0.2) is 42.0 Å². The summed E-state index contributed by atoms with van der Waals surface area (Å²) in [6.07, 6.45) is 0. The number of nitrogens with one attached hydrogen (secondary N) is 1. The molecular formula is C8H10BrN3OS. The second-order valence-corrected chi connectivity index (χ2v) is 5.19. The predicted molar refractivity (Wildman–Crippen MR) is 58.6 cm³/mol. The van der Waals surface area contributed by atoms with Gasteiger partial charge >= 0.3 is 0 Å². The number of hydrogen-bond acceptors (Lipinski definition) is 4. The molecule has 76 valence electrons. The van der Waals surface area contributed by atoms with Crippen LogP contribution in [0.3, 0.4) is 0 Å². The Bertz CT molecular complexity index is 335. The average Bonchev–Trinajstić information content (AvgIpc) is 2.65. The average molecular weight is 276 g/mol. The van der Waals surface area contributed by atoms with Crippen LogP contribution in [0.5, 0.6) is 0 Å². The van der Waals surface area contributed by atoms with Crippen molar-refractivity contribution in [1.29, 1.82) is 0 Å². The van der Waals surface area contributed by atoms with Gasteiger partial charge in [-0.25, -0.2) is 4.98 Å². The fourth-order valence-electron chi connectivity index (χ4n) is 1.39. The van der Waals surface area contributed by atoms with Gasteiger partial charge in [-0.2, -0.15) is 0 Å². The zero-order chi connectivity index (χ0) is 9.97. The maximum atomic E-state index is 11.9. The van der Waals surface area contributed by atoms with E-state index >= 15 is 0 Å². The molecule has 0 radical (unpaired) electrons. The van der Waals surface area contributed by atoms with Gasteiger partial charge < -0.3 is 10.2 Å². The summed E-state index contributed by atoms with van der Waals surface area (Å²) in [5, 5.41) is 3.21. The van der Waals surface area contributed by atoms with Gasteiger partial charge in [0.2, 0.25) is 0 Å². The van der Waals surface area contributed by atoms with E-state index in [-0.39, 0.29) is 5.91 Å². The minimum atomic E-state index is 0.0274. The molecule has 0 saturated carbocycles. The van der Waals surface area contributed by atoms with Crippen molar-refractivity contribution in [2.75, 3.05) is 26.2 Å². The van der Waals surface area contributed by atoms with Crippen LogP contribution in [0.25, 0.3) is 0 Å². The molecule has 0 aliphatic carbocycles. The van der Waals surface area contributed by atoms with Crippen LogP contribution in [0.1, 0.15) is 10.5 Å². The van der Waals surface area contributed by atoms with Crippen LogP contribution in [0.2, 0.25) is 0 Å². The van der Waals surface area contributed by atoms with E-state index in [9.17, 15) is 4.79 Å². The van der Waals surface area contributed by atoms with Gasteiger partial charge in [-0.1, -0.05) is 0 Å². The number of nitrogens with zero attached hydrogens (tertiary/aromatic N) is 2. The second kappa shape index (κ2) is 4.37. The molecule has 0 aromatic carbocycles. The van der Waals surface area contributed by atoms with E-state index in [1.165, 1.54) is 11.3 Å². The van der Waals surface area contributed by atoms with E-state index in [2.05, 4.69) is 26.2 Å². The monoisotopic (exact) mass is 275 g/mol. The first-order valence-electron chi connectivity index (χ1n) is 4.38. The molecule has 1 N–H and O–H groups in total. The van der Waals surface area contributed by atoms with Gasteiger partial charge in [-0.3, -0.25) is 4.79 Å². The number of halogens is 1. The molecule has 14 heavy (non-hydrogen) atoms. The molecule has 0 spiro atoms. The van der Waals surface area contributed by atoms with Crippen molar-refractivity contribution in [1.82, 2.24) is 15.2 Å². The molecule has 1 amide bonds. The van der Waals surface area contributed by atoms with E-state index in [1.807, 2.05) is 4.90 Å². The first kappa shape index (κ1) is 10.1. The van der Waals surface area contributed by atoms with Gasteiger partial charge in [0.1, 0.15) is 3.79 Å². The molecule has 2 heterocycles. The largest absolute Gasteiger partial charge is 0.335 e. The van der Waals surface area contributed by atoms with Crippen molar-refractivity contribution < 1.29 is 4.79 Å². The summed E-state index contributed by atoms with van der Waals surface area (Å²) >= 11 is 4.77. The third-order valence-corrected chi connectivity index (χ3v) is 3.68. The Morgan fingerprint density at radius 2 is 2.29 bits per heavy atom. The van der Waals surface area contributed by atoms with Gasteiger partial charge in [-0.05, 0) is 15.9 Å². The number of carbonyl (C=O) groups is 1. The molecule has 1 aromatic rings. The van der Waals surface area contributed by atoms with Crippen molar-refractivity contribution in [2.45, 2.75) is 0 Å². The number of rotatable bonds is 1. The van der Waals surface area contributed by atoms with E-state index in [0.29, 0.717) is 5.69 Å². The van der Waals surface area contributed by atoms with Crippen molar-refractivity contribution in [3.63, 3.8) is 0 Å². The quantitative estimate of drug-likeness (QED) is 0.830. The first-order valence-corrected chi connectivity index (χ1v) is 6.05. The summed E-state index contributed by atoms with van der Waals surface area (Å²) in [5.41, 5.74) is 2.22. The van der Waals surface area contributed by atoms with Crippen molar-refractivity contribution in [2.24, 2.45) is 0 Å². The Kier molecular flexibility index (Phi) is 3.15. The summed E-state index contributed by atoms with van der Waals surface area (Å²) in [6.45, 7) is 3.27. The zero-order valence-corrected chi connectivity index (χ0v) is 9.90. The minimum Gasteiger partial charge on any atom is -0.335 e. The summed E-state index contributed by atoms with van der Waals surface area (Å²) in [5.74, 6) is 0.0274. The molecule has 0 unspecified atom stereocenters. The summed E-state index contributed by atoms with van der Waals surface area (Å²) in [4.78, 5) is 17.8. The maximum absolute atomic E-state index is 11.9. The third-order valence-electron chi connectivity index (χ3n) is 2.13. The first-order chi connectivity index (χ1) is 6.79. The predicted octanol–water partition coefficient (Wildman–Crippen LogP) is 0.951. The van der Waals surface area contributed by atoms with Crippen LogP contribution in [-0.2, 0) is 0 Å². The van der Waals surface area contributed by atoms with Gasteiger partial charge in [0.05, 0.1) is 5.51 Å². The molecule has 6 heteroatoms. The van der Waals surface area contributed by atoms with E-state index in [4.69, 9.17) is 0 Å². The molecule has 0 atom stereocenters. The highest BCUT2D eigenvalue weighted by Crippen LogP contribution is 2.21. The summed E-state index contributed by atoms with van der Waals surface area (Å²) in [6, 6.07) is 0. The number of hydrogen-bond donors (Lipinski definition) is 1. The Balaban J connectivity index is 2.11. The highest BCUT2D eigenvalue weighted by molar-refractivity contribution is 9.11. The van der Waals surface area contributed by atoms with Crippen LogP contribution >= 0.6 is 27.3 Å². The Hall–Kier alpha value is -0.460. The molecule has 1 aromatic heterocycles. The van der Waals surface area contributed by atoms with Crippen LogP contribution in [0.15, 0.2) is 9.30 Å². The van der Waals surface area contributed by atoms with Crippen molar-refractivity contribution in [3.05, 3.63) is 15.0 Å². The molecular weight excluding hydrogens is 266 g/mol. The second-order valence-electron chi connectivity index (χ2n) is 3.02. The maximum Gasteiger partial charge on any atom is 0.274 e. The van der Waals surface area contributed by atoms with Gasteiger partial charge in [0, 0.05) is 26.2 Å². The Morgan fingerprint density at radius 3 is 2.86 bits per heavy atom. The lowest BCUT2D eigenvalue weighted by Crippen LogP contribution is -2.46. The molecule has 1 fully saturated rings. The number of aromatic nitrogens is 1. The highest BCUT2D eigenvalue weighted by Gasteiger charge is 2.21. The molecule has 4 nitrogen and oxygen atoms in total. The Morgan fingerprint density at radius 1 is 1.57 bits per heavy atom. The number of piperazine rings is 1. The smallest absolute Gasteiger partial charge is 0.274 e. The summed E-state index contributed by atoms with van der Waals surface area (Å²) < 4.78 is 0.820. The van der Waals surface area contributed by atoms with E-state index < -0.39 is 0 Å². The van der Waals surface area contributed by atoms with E-state index in [1.54, 1.807) is 5.51 Å². The van der Waals surface area contributed by atoms with E-state index in [0.717, 1.165) is 30.0 Å². The summed E-state index contributed by atoms with van der Waals surface area (Å²) in [7, 11) is 0. The van der Waals surface area contributed by atoms with Gasteiger partial charge in [-0.15, -0.1) is 11.3 Å². The molecule has 1 aliphatic heterocycles. The number of amides is 1. The minimum absolute atomic E-state index is 0.0274. The normalized spacial score (nSPS) is 17.1. The number of carbonyl (C=O) groups excluding carboxylic acids is 1. The van der Waals surface area contributed by atoms with Gasteiger partial charge in [0.25, 0.3) is 5.91 Å². The lowest BCUT2D eigenvalue weighted by atomic mass is 10.3. The van der Waals surface area contributed by atoms with Crippen LogP contribution < -0.4 is 5.32 Å². The Labute approximate surface area is 94.4 Å². The fraction of sp³-hybridized carbons (Fsp3) is 0.500. The highest BCUT2D eigenvalue weighted by atomic mass is 79.9. The topological polar surface area (TPSA) is 45.2 Å². The van der Waals surface area contributed by atoms with Crippen molar-refractivity contribution in [3.8, 4) is 0 Å². The number of thiazole rings is 1.